The number of ketones is 1. The molecular formula is C23H22ClNO5S2. The second-order valence-corrected chi connectivity index (χ2v) is 10.6. The summed E-state index contributed by atoms with van der Waals surface area (Å²) >= 11 is 7.32. The molecular weight excluding hydrogens is 470 g/mol. The number of thiophene rings is 1. The van der Waals surface area contributed by atoms with Gasteiger partial charge in [-0.1, -0.05) is 35.4 Å². The Morgan fingerprint density at radius 3 is 2.41 bits per heavy atom. The number of nitrogens with zero attached hydrogens (tertiary/aromatic N) is 1. The Morgan fingerprint density at radius 1 is 1.09 bits per heavy atom. The number of anilines is 1. The Hall–Kier alpha value is -2.68. The summed E-state index contributed by atoms with van der Waals surface area (Å²) in [4.78, 5) is 24.1. The zero-order chi connectivity index (χ0) is 23.5. The van der Waals surface area contributed by atoms with E-state index in [1.165, 1.54) is 18.2 Å². The zero-order valence-electron chi connectivity index (χ0n) is 17.5. The molecule has 0 aliphatic carbocycles. The Kier molecular flexibility index (Phi) is 7.38. The standard InChI is InChI=1S/C23H22ClNO5S2/c1-15-6-10-19(11-7-15)32(29,30)25(21-5-3-4-20(24)16(21)2)13-18(26)9-8-17-12-22(23(27)28)31-14-17/h3-7,10-12,14H,8-9,13H2,1-2H3,(H,27,28). The molecule has 0 bridgehead atoms. The first-order valence-corrected chi connectivity index (χ1v) is 12.5. The number of halogens is 1. The van der Waals surface area contributed by atoms with Gasteiger partial charge in [0.25, 0.3) is 10.0 Å². The van der Waals surface area contributed by atoms with Gasteiger partial charge in [0.05, 0.1) is 17.1 Å². The largest absolute Gasteiger partial charge is 0.477 e. The van der Waals surface area contributed by atoms with Crippen molar-refractivity contribution >= 4 is 50.4 Å². The quantitative estimate of drug-likeness (QED) is 0.449. The summed E-state index contributed by atoms with van der Waals surface area (Å²) in [5.41, 5.74) is 2.55. The van der Waals surface area contributed by atoms with Crippen molar-refractivity contribution in [3.63, 3.8) is 0 Å². The third-order valence-electron chi connectivity index (χ3n) is 4.99. The average Bonchev–Trinajstić information content (AvgIpc) is 3.22. The maximum absolute atomic E-state index is 13.5. The zero-order valence-corrected chi connectivity index (χ0v) is 19.9. The van der Waals surface area contributed by atoms with Gasteiger partial charge < -0.3 is 5.11 Å². The van der Waals surface area contributed by atoms with Crippen LogP contribution < -0.4 is 4.31 Å². The van der Waals surface area contributed by atoms with Crippen molar-refractivity contribution in [2.45, 2.75) is 31.6 Å². The lowest BCUT2D eigenvalue weighted by Gasteiger charge is -2.26. The predicted octanol–water partition coefficient (Wildman–Crippen LogP) is 5.11. The molecule has 1 heterocycles. The number of hydrogen-bond acceptors (Lipinski definition) is 5. The maximum Gasteiger partial charge on any atom is 0.345 e. The van der Waals surface area contributed by atoms with E-state index in [1.54, 1.807) is 42.6 Å². The summed E-state index contributed by atoms with van der Waals surface area (Å²) in [5.74, 6) is -1.30. The van der Waals surface area contributed by atoms with Crippen molar-refractivity contribution in [3.05, 3.63) is 80.5 Å². The molecule has 6 nitrogen and oxygen atoms in total. The minimum absolute atomic E-state index is 0.0787. The normalized spacial score (nSPS) is 11.3. The number of benzene rings is 2. The summed E-state index contributed by atoms with van der Waals surface area (Å²) in [5, 5.41) is 11.1. The number of carbonyl (C=O) groups is 2. The Morgan fingerprint density at radius 2 is 1.78 bits per heavy atom. The highest BCUT2D eigenvalue weighted by atomic mass is 35.5. The first kappa shape index (κ1) is 24.0. The van der Waals surface area contributed by atoms with Crippen LogP contribution in [0.1, 0.15) is 32.8 Å². The highest BCUT2D eigenvalue weighted by Gasteiger charge is 2.28. The monoisotopic (exact) mass is 491 g/mol. The third kappa shape index (κ3) is 5.38. The predicted molar refractivity (Wildman–Crippen MR) is 127 cm³/mol. The summed E-state index contributed by atoms with van der Waals surface area (Å²) in [6, 6.07) is 12.9. The van der Waals surface area contributed by atoms with E-state index in [1.807, 2.05) is 6.92 Å². The van der Waals surface area contributed by atoms with E-state index in [0.717, 1.165) is 26.8 Å². The molecule has 1 N–H and O–H groups in total. The lowest BCUT2D eigenvalue weighted by Crippen LogP contribution is -2.36. The molecule has 0 spiro atoms. The lowest BCUT2D eigenvalue weighted by molar-refractivity contribution is -0.117. The summed E-state index contributed by atoms with van der Waals surface area (Å²) < 4.78 is 28.0. The molecule has 0 fully saturated rings. The first-order valence-electron chi connectivity index (χ1n) is 9.76. The smallest absolute Gasteiger partial charge is 0.345 e. The molecule has 1 aromatic heterocycles. The fraction of sp³-hybridized carbons (Fsp3) is 0.217. The summed E-state index contributed by atoms with van der Waals surface area (Å²) in [6.45, 7) is 3.21. The second kappa shape index (κ2) is 9.85. The van der Waals surface area contributed by atoms with Crippen molar-refractivity contribution in [1.82, 2.24) is 0 Å². The average molecular weight is 492 g/mol. The van der Waals surface area contributed by atoms with Gasteiger partial charge in [-0.15, -0.1) is 11.3 Å². The van der Waals surface area contributed by atoms with Crippen molar-refractivity contribution in [2.75, 3.05) is 10.8 Å². The van der Waals surface area contributed by atoms with Crippen LogP contribution in [0.25, 0.3) is 0 Å². The van der Waals surface area contributed by atoms with Gasteiger partial charge in [-0.3, -0.25) is 9.10 Å². The molecule has 0 amide bonds. The minimum Gasteiger partial charge on any atom is -0.477 e. The third-order valence-corrected chi connectivity index (χ3v) is 8.14. The van der Waals surface area contributed by atoms with Gasteiger partial charge in [0.15, 0.2) is 5.78 Å². The molecule has 3 aromatic rings. The number of Topliss-reactive ketones (excluding diaryl/α,β-unsaturated/α-hetero) is 1. The van der Waals surface area contributed by atoms with Gasteiger partial charge >= 0.3 is 5.97 Å². The number of sulfonamides is 1. The van der Waals surface area contributed by atoms with Crippen LogP contribution >= 0.6 is 22.9 Å². The molecule has 0 aliphatic rings. The Balaban J connectivity index is 1.88. The molecule has 0 saturated carbocycles. The van der Waals surface area contributed by atoms with Crippen LogP contribution in [0.5, 0.6) is 0 Å². The van der Waals surface area contributed by atoms with E-state index in [9.17, 15) is 18.0 Å². The fourth-order valence-corrected chi connectivity index (χ4v) is 5.60. The van der Waals surface area contributed by atoms with E-state index >= 15 is 0 Å². The minimum atomic E-state index is -4.02. The van der Waals surface area contributed by atoms with Crippen molar-refractivity contribution in [2.24, 2.45) is 0 Å². The second-order valence-electron chi connectivity index (χ2n) is 7.37. The van der Waals surface area contributed by atoms with Crippen LogP contribution in [0, 0.1) is 13.8 Å². The van der Waals surface area contributed by atoms with Crippen LogP contribution in [0.3, 0.4) is 0 Å². The molecule has 0 aliphatic heterocycles. The summed E-state index contributed by atoms with van der Waals surface area (Å²) in [7, 11) is -4.02. The molecule has 3 rings (SSSR count). The highest BCUT2D eigenvalue weighted by Crippen LogP contribution is 2.31. The number of rotatable bonds is 9. The molecule has 0 radical (unpaired) electrons. The van der Waals surface area contributed by atoms with E-state index in [2.05, 4.69) is 0 Å². The van der Waals surface area contributed by atoms with Crippen LogP contribution in [0.4, 0.5) is 5.69 Å². The van der Waals surface area contributed by atoms with Crippen molar-refractivity contribution in [3.8, 4) is 0 Å². The molecule has 0 saturated heterocycles. The van der Waals surface area contributed by atoms with E-state index in [0.29, 0.717) is 22.7 Å². The van der Waals surface area contributed by atoms with Crippen LogP contribution in [0.15, 0.2) is 58.8 Å². The van der Waals surface area contributed by atoms with Gasteiger partial charge in [0, 0.05) is 11.4 Å². The molecule has 9 heteroatoms. The topological polar surface area (TPSA) is 91.8 Å². The number of carbonyl (C=O) groups excluding carboxylic acids is 1. The van der Waals surface area contributed by atoms with E-state index < -0.39 is 16.0 Å². The molecule has 2 aromatic carbocycles. The van der Waals surface area contributed by atoms with E-state index in [4.69, 9.17) is 16.7 Å². The van der Waals surface area contributed by atoms with E-state index in [-0.39, 0.29) is 28.5 Å². The SMILES string of the molecule is Cc1ccc(S(=O)(=O)N(CC(=O)CCc2csc(C(=O)O)c2)c2cccc(Cl)c2C)cc1. The van der Waals surface area contributed by atoms with Crippen molar-refractivity contribution < 1.29 is 23.1 Å². The highest BCUT2D eigenvalue weighted by molar-refractivity contribution is 7.92. The number of aromatic carboxylic acids is 1. The lowest BCUT2D eigenvalue weighted by atomic mass is 10.1. The van der Waals surface area contributed by atoms with Crippen LogP contribution in [-0.4, -0.2) is 31.8 Å². The summed E-state index contributed by atoms with van der Waals surface area (Å²) in [6.07, 6.45) is 0.408. The number of carboxylic acids is 1. The van der Waals surface area contributed by atoms with Gasteiger partial charge in [0.2, 0.25) is 0 Å². The Labute approximate surface area is 196 Å². The van der Waals surface area contributed by atoms with Gasteiger partial charge in [0.1, 0.15) is 4.88 Å². The Bertz CT molecular complexity index is 1250. The van der Waals surface area contributed by atoms with Crippen LogP contribution in [0.2, 0.25) is 5.02 Å². The molecule has 32 heavy (non-hydrogen) atoms. The molecule has 0 atom stereocenters. The van der Waals surface area contributed by atoms with Gasteiger partial charge in [-0.05, 0) is 67.1 Å². The number of hydrogen-bond donors (Lipinski definition) is 1. The maximum atomic E-state index is 13.5. The molecule has 168 valence electrons. The van der Waals surface area contributed by atoms with Crippen molar-refractivity contribution in [1.29, 1.82) is 0 Å². The van der Waals surface area contributed by atoms with Gasteiger partial charge in [-0.2, -0.15) is 0 Å². The van der Waals surface area contributed by atoms with Crippen LogP contribution in [-0.2, 0) is 21.2 Å². The number of aryl methyl sites for hydroxylation is 2. The molecule has 0 unspecified atom stereocenters. The van der Waals surface area contributed by atoms with Gasteiger partial charge in [-0.25, -0.2) is 13.2 Å². The number of carboxylic acid groups (broad SMARTS) is 1. The fourth-order valence-electron chi connectivity index (χ4n) is 3.15. The first-order chi connectivity index (χ1) is 15.1.